The van der Waals surface area contributed by atoms with E-state index in [9.17, 15) is 4.79 Å². The molecule has 1 atom stereocenters. The number of ether oxygens (including phenoxy) is 3. The van der Waals surface area contributed by atoms with Gasteiger partial charge in [0, 0.05) is 7.11 Å². The Morgan fingerprint density at radius 3 is 2.57 bits per heavy atom. The van der Waals surface area contributed by atoms with Gasteiger partial charge in [0.1, 0.15) is 5.75 Å². The smallest absolute Gasteiger partial charge is 0.295 e. The fourth-order valence-electron chi connectivity index (χ4n) is 1.17. The average molecular weight is 196 g/mol. The van der Waals surface area contributed by atoms with Gasteiger partial charge in [-0.2, -0.15) is 0 Å². The summed E-state index contributed by atoms with van der Waals surface area (Å²) in [5.74, 6) is 0.626. The molecule has 0 aliphatic heterocycles. The number of carbonyl (C=O) groups is 1. The van der Waals surface area contributed by atoms with Crippen LogP contribution in [0.15, 0.2) is 24.3 Å². The fourth-order valence-corrected chi connectivity index (χ4v) is 1.17. The maximum absolute atomic E-state index is 10.2. The molecule has 1 rings (SSSR count). The molecule has 0 aliphatic carbocycles. The van der Waals surface area contributed by atoms with Gasteiger partial charge in [-0.25, -0.2) is 0 Å². The third-order valence-electron chi connectivity index (χ3n) is 1.79. The van der Waals surface area contributed by atoms with Crippen LogP contribution >= 0.6 is 0 Å². The van der Waals surface area contributed by atoms with Crippen LogP contribution in [-0.2, 0) is 14.3 Å². The van der Waals surface area contributed by atoms with Gasteiger partial charge in [0.15, 0.2) is 0 Å². The summed E-state index contributed by atoms with van der Waals surface area (Å²) in [6.45, 7) is 0.348. The summed E-state index contributed by atoms with van der Waals surface area (Å²) in [5, 5.41) is 0. The molecular weight excluding hydrogens is 184 g/mol. The number of benzene rings is 1. The van der Waals surface area contributed by atoms with Crippen molar-refractivity contribution in [3.8, 4) is 5.75 Å². The second-order valence-corrected chi connectivity index (χ2v) is 2.54. The van der Waals surface area contributed by atoms with Gasteiger partial charge in [0.2, 0.25) is 6.29 Å². The van der Waals surface area contributed by atoms with Crippen molar-refractivity contribution in [3.05, 3.63) is 29.8 Å². The Labute approximate surface area is 82.4 Å². The quantitative estimate of drug-likeness (QED) is 0.529. The number of rotatable bonds is 5. The molecule has 0 bridgehead atoms. The first kappa shape index (κ1) is 10.5. The van der Waals surface area contributed by atoms with E-state index in [1.807, 2.05) is 12.1 Å². The highest BCUT2D eigenvalue weighted by molar-refractivity contribution is 5.40. The van der Waals surface area contributed by atoms with Gasteiger partial charge in [-0.1, -0.05) is 12.1 Å². The van der Waals surface area contributed by atoms with Crippen LogP contribution in [-0.4, -0.2) is 20.7 Å². The van der Waals surface area contributed by atoms with Crippen molar-refractivity contribution in [3.63, 3.8) is 0 Å². The van der Waals surface area contributed by atoms with Crippen molar-refractivity contribution in [2.45, 2.75) is 6.29 Å². The van der Waals surface area contributed by atoms with Crippen molar-refractivity contribution in [1.29, 1.82) is 0 Å². The minimum atomic E-state index is -0.719. The van der Waals surface area contributed by atoms with Crippen LogP contribution in [0, 0.1) is 0 Å². The molecule has 0 spiro atoms. The molecule has 0 aliphatic rings. The first-order valence-electron chi connectivity index (χ1n) is 4.08. The maximum Gasteiger partial charge on any atom is 0.295 e. The lowest BCUT2D eigenvalue weighted by Crippen LogP contribution is -2.06. The van der Waals surface area contributed by atoms with E-state index in [1.54, 1.807) is 19.2 Å². The van der Waals surface area contributed by atoms with Gasteiger partial charge in [-0.3, -0.25) is 4.79 Å². The maximum atomic E-state index is 10.2. The van der Waals surface area contributed by atoms with Crippen LogP contribution in [0.4, 0.5) is 0 Å². The van der Waals surface area contributed by atoms with E-state index in [1.165, 1.54) is 7.11 Å². The summed E-state index contributed by atoms with van der Waals surface area (Å²) >= 11 is 0. The normalized spacial score (nSPS) is 11.9. The first-order valence-corrected chi connectivity index (χ1v) is 4.08. The van der Waals surface area contributed by atoms with Gasteiger partial charge < -0.3 is 14.2 Å². The Hall–Kier alpha value is -1.55. The zero-order chi connectivity index (χ0) is 10.4. The second kappa shape index (κ2) is 5.24. The molecule has 0 heterocycles. The molecule has 0 saturated heterocycles. The zero-order valence-electron chi connectivity index (χ0n) is 8.10. The largest absolute Gasteiger partial charge is 0.496 e. The van der Waals surface area contributed by atoms with Crippen molar-refractivity contribution < 1.29 is 19.0 Å². The summed E-state index contributed by atoms with van der Waals surface area (Å²) in [6, 6.07) is 7.19. The monoisotopic (exact) mass is 196 g/mol. The van der Waals surface area contributed by atoms with E-state index in [0.29, 0.717) is 17.8 Å². The molecule has 4 nitrogen and oxygen atoms in total. The lowest BCUT2D eigenvalue weighted by atomic mass is 10.2. The van der Waals surface area contributed by atoms with Gasteiger partial charge in [0.05, 0.1) is 12.7 Å². The van der Waals surface area contributed by atoms with Crippen molar-refractivity contribution >= 4 is 6.47 Å². The van der Waals surface area contributed by atoms with E-state index < -0.39 is 6.29 Å². The Balaban J connectivity index is 2.95. The standard InChI is InChI=1S/C10H12O4/c1-12-9-6-4-3-5-8(9)10(13-2)14-7-11/h3-7,10H,1-2H3. The van der Waals surface area contributed by atoms with Crippen LogP contribution in [0.5, 0.6) is 5.75 Å². The SMILES string of the molecule is COc1ccccc1C(OC)OC=O. The lowest BCUT2D eigenvalue weighted by molar-refractivity contribution is -0.159. The summed E-state index contributed by atoms with van der Waals surface area (Å²) in [6.07, 6.45) is -0.719. The zero-order valence-corrected chi connectivity index (χ0v) is 8.10. The highest BCUT2D eigenvalue weighted by atomic mass is 16.7. The average Bonchev–Trinajstić information content (AvgIpc) is 2.26. The molecule has 0 amide bonds. The third kappa shape index (κ3) is 2.23. The van der Waals surface area contributed by atoms with Gasteiger partial charge in [0.25, 0.3) is 6.47 Å². The number of methoxy groups -OCH3 is 2. The van der Waals surface area contributed by atoms with Crippen LogP contribution in [0.1, 0.15) is 11.9 Å². The molecule has 14 heavy (non-hydrogen) atoms. The van der Waals surface area contributed by atoms with Crippen LogP contribution < -0.4 is 4.74 Å². The highest BCUT2D eigenvalue weighted by Crippen LogP contribution is 2.26. The number of hydrogen-bond acceptors (Lipinski definition) is 4. The van der Waals surface area contributed by atoms with Gasteiger partial charge in [-0.05, 0) is 12.1 Å². The predicted octanol–water partition coefficient (Wildman–Crippen LogP) is 1.51. The van der Waals surface area contributed by atoms with Crippen molar-refractivity contribution in [2.75, 3.05) is 14.2 Å². The Morgan fingerprint density at radius 2 is 2.00 bits per heavy atom. The summed E-state index contributed by atoms with van der Waals surface area (Å²) in [4.78, 5) is 10.2. The first-order chi connectivity index (χ1) is 6.83. The molecule has 0 aromatic heterocycles. The molecule has 1 aromatic carbocycles. The molecule has 4 heteroatoms. The third-order valence-corrected chi connectivity index (χ3v) is 1.79. The summed E-state index contributed by atoms with van der Waals surface area (Å²) in [7, 11) is 3.01. The fraction of sp³-hybridized carbons (Fsp3) is 0.300. The second-order valence-electron chi connectivity index (χ2n) is 2.54. The molecular formula is C10H12O4. The summed E-state index contributed by atoms with van der Waals surface area (Å²) < 4.78 is 14.8. The van der Waals surface area contributed by atoms with Crippen molar-refractivity contribution in [1.82, 2.24) is 0 Å². The predicted molar refractivity (Wildman–Crippen MR) is 49.9 cm³/mol. The number of hydrogen-bond donors (Lipinski definition) is 0. The molecule has 1 aromatic rings. The Morgan fingerprint density at radius 1 is 1.29 bits per heavy atom. The van der Waals surface area contributed by atoms with Crippen molar-refractivity contribution in [2.24, 2.45) is 0 Å². The van der Waals surface area contributed by atoms with E-state index >= 15 is 0 Å². The minimum Gasteiger partial charge on any atom is -0.496 e. The molecule has 0 saturated carbocycles. The topological polar surface area (TPSA) is 44.8 Å². The lowest BCUT2D eigenvalue weighted by Gasteiger charge is -2.15. The molecule has 0 fully saturated rings. The molecule has 0 radical (unpaired) electrons. The Kier molecular flexibility index (Phi) is 3.94. The van der Waals surface area contributed by atoms with E-state index in [4.69, 9.17) is 14.2 Å². The molecule has 76 valence electrons. The molecule has 1 unspecified atom stereocenters. The van der Waals surface area contributed by atoms with E-state index in [-0.39, 0.29) is 0 Å². The Bertz CT molecular complexity index is 298. The van der Waals surface area contributed by atoms with Crippen LogP contribution in [0.2, 0.25) is 0 Å². The summed E-state index contributed by atoms with van der Waals surface area (Å²) in [5.41, 5.74) is 0.685. The van der Waals surface area contributed by atoms with Crippen LogP contribution in [0.3, 0.4) is 0 Å². The molecule has 0 N–H and O–H groups in total. The van der Waals surface area contributed by atoms with E-state index in [0.717, 1.165) is 0 Å². The highest BCUT2D eigenvalue weighted by Gasteiger charge is 2.15. The number of para-hydroxylation sites is 1. The van der Waals surface area contributed by atoms with Gasteiger partial charge >= 0.3 is 0 Å². The number of carbonyl (C=O) groups excluding carboxylic acids is 1. The van der Waals surface area contributed by atoms with E-state index in [2.05, 4.69) is 0 Å². The van der Waals surface area contributed by atoms with Crippen LogP contribution in [0.25, 0.3) is 0 Å². The van der Waals surface area contributed by atoms with Gasteiger partial charge in [-0.15, -0.1) is 0 Å². The minimum absolute atomic E-state index is 0.348.